The Balaban J connectivity index is 1.58. The number of benzene rings is 1. The summed E-state index contributed by atoms with van der Waals surface area (Å²) >= 11 is 7.59. The molecule has 0 radical (unpaired) electrons. The molecule has 1 aliphatic heterocycles. The third-order valence-corrected chi connectivity index (χ3v) is 6.53. The molecule has 1 aromatic heterocycles. The van der Waals surface area contributed by atoms with Gasteiger partial charge >= 0.3 is 0 Å². The van der Waals surface area contributed by atoms with Crippen molar-refractivity contribution in [3.8, 4) is 5.75 Å². The first kappa shape index (κ1) is 23.6. The number of halogens is 2. The van der Waals surface area contributed by atoms with E-state index in [1.165, 1.54) is 25.4 Å². The number of nitrogens with two attached hydrogens (primary N) is 1. The van der Waals surface area contributed by atoms with Crippen molar-refractivity contribution in [2.24, 2.45) is 0 Å². The molecule has 1 saturated heterocycles. The van der Waals surface area contributed by atoms with Gasteiger partial charge in [0, 0.05) is 37.0 Å². The molecule has 1 aliphatic rings. The zero-order valence-electron chi connectivity index (χ0n) is 17.4. The number of hydrogen-bond donors (Lipinski definition) is 2. The van der Waals surface area contributed by atoms with Gasteiger partial charge in [-0.1, -0.05) is 11.9 Å². The van der Waals surface area contributed by atoms with Crippen LogP contribution in [0.15, 0.2) is 24.4 Å². The van der Waals surface area contributed by atoms with Crippen LogP contribution in [-0.4, -0.2) is 57.9 Å². The van der Waals surface area contributed by atoms with Crippen LogP contribution in [0.4, 0.5) is 16.2 Å². The molecule has 0 atom stereocenters. The van der Waals surface area contributed by atoms with Gasteiger partial charge in [-0.05, 0) is 43.9 Å². The summed E-state index contributed by atoms with van der Waals surface area (Å²) in [5.41, 5.74) is 6.22. The van der Waals surface area contributed by atoms with Crippen LogP contribution in [0.1, 0.15) is 41.6 Å². The number of nitrogens with zero attached hydrogens (tertiary/aromatic N) is 3. The first-order valence-corrected chi connectivity index (χ1v) is 11.7. The van der Waals surface area contributed by atoms with Gasteiger partial charge in [0.25, 0.3) is 0 Å². The number of anilines is 2. The average Bonchev–Trinajstić information content (AvgIpc) is 2.77. The van der Waals surface area contributed by atoms with E-state index in [9.17, 15) is 9.18 Å². The zero-order valence-corrected chi connectivity index (χ0v) is 19.0. The quantitative estimate of drug-likeness (QED) is 0.234. The fraction of sp³-hybridized carbons (Fsp3) is 0.476. The highest BCUT2D eigenvalue weighted by atomic mass is 35.5. The lowest BCUT2D eigenvalue weighted by Gasteiger charge is -2.31. The molecular formula is C21H27ClFN5O2S. The fourth-order valence-electron chi connectivity index (χ4n) is 3.34. The predicted molar refractivity (Wildman–Crippen MR) is 123 cm³/mol. The second kappa shape index (κ2) is 11.5. The van der Waals surface area contributed by atoms with E-state index in [-0.39, 0.29) is 28.7 Å². The number of ketones is 1. The summed E-state index contributed by atoms with van der Waals surface area (Å²) in [6.45, 7) is 1.96. The summed E-state index contributed by atoms with van der Waals surface area (Å²) in [4.78, 5) is 21.3. The van der Waals surface area contributed by atoms with Gasteiger partial charge in [0.2, 0.25) is 11.7 Å². The molecule has 0 bridgehead atoms. The molecule has 1 aromatic carbocycles. The minimum atomic E-state index is -0.537. The van der Waals surface area contributed by atoms with E-state index in [1.54, 1.807) is 0 Å². The summed E-state index contributed by atoms with van der Waals surface area (Å²) in [6, 6.07) is 3.99. The molecule has 1 fully saturated rings. The predicted octanol–water partition coefficient (Wildman–Crippen LogP) is 3.98. The maximum absolute atomic E-state index is 13.6. The molecule has 31 heavy (non-hydrogen) atoms. The number of methoxy groups -OCH3 is 1. The number of rotatable bonds is 10. The Hall–Kier alpha value is -2.10. The van der Waals surface area contributed by atoms with Gasteiger partial charge in [-0.15, -0.1) is 11.6 Å². The lowest BCUT2D eigenvalue weighted by Crippen LogP contribution is -2.36. The van der Waals surface area contributed by atoms with E-state index in [4.69, 9.17) is 22.1 Å². The Morgan fingerprint density at radius 3 is 2.81 bits per heavy atom. The Kier molecular flexibility index (Phi) is 8.74. The van der Waals surface area contributed by atoms with Crippen LogP contribution in [0.3, 0.4) is 0 Å². The monoisotopic (exact) mass is 467 g/mol. The number of unbranched alkanes of at least 4 members (excludes halogenated alkanes) is 1. The lowest BCUT2D eigenvalue weighted by molar-refractivity contribution is 0.103. The molecule has 7 nitrogen and oxygen atoms in total. The molecule has 0 spiro atoms. The minimum Gasteiger partial charge on any atom is -0.496 e. The second-order valence-electron chi connectivity index (χ2n) is 7.24. The number of ether oxygens (including phenoxy) is 1. The summed E-state index contributed by atoms with van der Waals surface area (Å²) < 4.78 is 21.2. The zero-order chi connectivity index (χ0) is 22.2. The van der Waals surface area contributed by atoms with E-state index in [1.807, 2.05) is 11.9 Å². The number of carbonyl (C=O) groups excluding carboxylic acids is 1. The van der Waals surface area contributed by atoms with Gasteiger partial charge in [0.05, 0.1) is 18.2 Å². The van der Waals surface area contributed by atoms with Crippen LogP contribution in [0.2, 0.25) is 0 Å². The number of carbonyl (C=O) groups is 1. The van der Waals surface area contributed by atoms with E-state index in [2.05, 4.69) is 19.6 Å². The SMILES string of the molecule is COc1ccc(F)cc1C(=O)c1cnc(NC2CCN(SCCCCCl)CC2)nc1N. The topological polar surface area (TPSA) is 93.4 Å². The largest absolute Gasteiger partial charge is 0.496 e. The summed E-state index contributed by atoms with van der Waals surface area (Å²) in [7, 11) is 1.42. The van der Waals surface area contributed by atoms with E-state index >= 15 is 0 Å². The molecular weight excluding hydrogens is 441 g/mol. The minimum absolute atomic E-state index is 0.0427. The number of aromatic nitrogens is 2. The van der Waals surface area contributed by atoms with Crippen LogP contribution >= 0.6 is 23.5 Å². The number of hydrogen-bond acceptors (Lipinski definition) is 8. The van der Waals surface area contributed by atoms with Crippen molar-refractivity contribution < 1.29 is 13.9 Å². The molecule has 0 saturated carbocycles. The molecule has 3 N–H and O–H groups in total. The fourth-order valence-corrected chi connectivity index (χ4v) is 4.59. The Morgan fingerprint density at radius 1 is 1.35 bits per heavy atom. The highest BCUT2D eigenvalue weighted by Crippen LogP contribution is 2.25. The first-order chi connectivity index (χ1) is 15.0. The smallest absolute Gasteiger partial charge is 0.224 e. The average molecular weight is 468 g/mol. The highest BCUT2D eigenvalue weighted by molar-refractivity contribution is 7.97. The summed E-state index contributed by atoms with van der Waals surface area (Å²) in [6.07, 6.45) is 5.49. The summed E-state index contributed by atoms with van der Waals surface area (Å²) in [5.74, 6) is 1.48. The number of nitrogens with one attached hydrogen (secondary N) is 1. The Bertz CT molecular complexity index is 896. The third kappa shape index (κ3) is 6.44. The molecule has 10 heteroatoms. The van der Waals surface area contributed by atoms with Gasteiger partial charge in [-0.3, -0.25) is 9.10 Å². The molecule has 0 unspecified atom stereocenters. The maximum Gasteiger partial charge on any atom is 0.224 e. The van der Waals surface area contributed by atoms with Gasteiger partial charge in [0.1, 0.15) is 17.4 Å². The molecule has 0 aliphatic carbocycles. The van der Waals surface area contributed by atoms with Crippen LogP contribution in [0.5, 0.6) is 5.75 Å². The molecule has 2 aromatic rings. The molecule has 2 heterocycles. The number of alkyl halides is 1. The van der Waals surface area contributed by atoms with Crippen LogP contribution in [0, 0.1) is 5.82 Å². The van der Waals surface area contributed by atoms with Crippen molar-refractivity contribution in [1.82, 2.24) is 14.3 Å². The van der Waals surface area contributed by atoms with Crippen LogP contribution in [0.25, 0.3) is 0 Å². The Morgan fingerprint density at radius 2 is 2.13 bits per heavy atom. The van der Waals surface area contributed by atoms with Crippen molar-refractivity contribution in [3.05, 3.63) is 41.3 Å². The maximum atomic E-state index is 13.6. The van der Waals surface area contributed by atoms with Crippen molar-refractivity contribution >= 4 is 41.1 Å². The van der Waals surface area contributed by atoms with E-state index in [0.29, 0.717) is 5.95 Å². The van der Waals surface area contributed by atoms with Crippen molar-refractivity contribution in [1.29, 1.82) is 0 Å². The van der Waals surface area contributed by atoms with Gasteiger partial charge in [0.15, 0.2) is 0 Å². The molecule has 168 valence electrons. The van der Waals surface area contributed by atoms with E-state index in [0.717, 1.165) is 56.5 Å². The van der Waals surface area contributed by atoms with Crippen molar-refractivity contribution in [2.45, 2.75) is 31.7 Å². The lowest BCUT2D eigenvalue weighted by atomic mass is 10.0. The van der Waals surface area contributed by atoms with Crippen LogP contribution < -0.4 is 15.8 Å². The van der Waals surface area contributed by atoms with Gasteiger partial charge in [-0.25, -0.2) is 9.37 Å². The number of piperidine rings is 1. The Labute approximate surface area is 191 Å². The standard InChI is InChI=1S/C21H27ClFN5O2S/c1-30-18-5-4-14(23)12-16(18)19(29)17-13-25-21(27-20(17)24)26-15-6-9-28(10-7-15)31-11-3-2-8-22/h4-5,12-13,15H,2-3,6-11H2,1H3,(H3,24,25,26,27). The van der Waals surface area contributed by atoms with Gasteiger partial charge in [-0.2, -0.15) is 4.98 Å². The first-order valence-electron chi connectivity index (χ1n) is 10.2. The summed E-state index contributed by atoms with van der Waals surface area (Å²) in [5, 5.41) is 3.30. The third-order valence-electron chi connectivity index (χ3n) is 5.06. The molecule has 3 rings (SSSR count). The van der Waals surface area contributed by atoms with Crippen LogP contribution in [-0.2, 0) is 0 Å². The van der Waals surface area contributed by atoms with E-state index < -0.39 is 11.6 Å². The molecule has 0 amide bonds. The van der Waals surface area contributed by atoms with Crippen molar-refractivity contribution in [2.75, 3.05) is 42.9 Å². The second-order valence-corrected chi connectivity index (χ2v) is 8.80. The number of nitrogen functional groups attached to an aromatic ring is 1. The highest BCUT2D eigenvalue weighted by Gasteiger charge is 2.22. The van der Waals surface area contributed by atoms with Crippen molar-refractivity contribution in [3.63, 3.8) is 0 Å². The normalized spacial score (nSPS) is 15.1. The van der Waals surface area contributed by atoms with Gasteiger partial charge < -0.3 is 15.8 Å².